The van der Waals surface area contributed by atoms with Gasteiger partial charge >= 0.3 is 0 Å². The standard InChI is InChI=1S/C19H35N5.HI/c1-15(2)24(16(3)4)13-12-21-19(20-5)22-14-17-8-10-18(11-9-17)23(6)7;/h8-11,15-16H,12-14H2,1-7H3,(H2,20,21,22);1H. The van der Waals surface area contributed by atoms with Crippen molar-refractivity contribution in [1.82, 2.24) is 15.5 Å². The van der Waals surface area contributed by atoms with Crippen molar-refractivity contribution in [2.24, 2.45) is 4.99 Å². The van der Waals surface area contributed by atoms with Gasteiger partial charge in [-0.2, -0.15) is 0 Å². The summed E-state index contributed by atoms with van der Waals surface area (Å²) in [6.45, 7) is 11.6. The molecule has 2 N–H and O–H groups in total. The van der Waals surface area contributed by atoms with Gasteiger partial charge in [-0.15, -0.1) is 24.0 Å². The Balaban J connectivity index is 0.00000576. The first-order chi connectivity index (χ1) is 11.3. The monoisotopic (exact) mass is 461 g/mol. The lowest BCUT2D eigenvalue weighted by atomic mass is 10.2. The highest BCUT2D eigenvalue weighted by Gasteiger charge is 2.12. The van der Waals surface area contributed by atoms with E-state index in [2.05, 4.69) is 91.5 Å². The second kappa shape index (κ2) is 12.4. The Kier molecular flexibility index (Phi) is 11.8. The van der Waals surface area contributed by atoms with Gasteiger partial charge in [0, 0.05) is 58.5 Å². The van der Waals surface area contributed by atoms with Crippen LogP contribution in [0.3, 0.4) is 0 Å². The van der Waals surface area contributed by atoms with Crippen LogP contribution >= 0.6 is 24.0 Å². The number of guanidine groups is 1. The number of nitrogens with one attached hydrogen (secondary N) is 2. The molecule has 0 aliphatic carbocycles. The molecule has 5 nitrogen and oxygen atoms in total. The normalized spacial score (nSPS) is 11.7. The number of rotatable bonds is 8. The SMILES string of the molecule is CN=C(NCCN(C(C)C)C(C)C)NCc1ccc(N(C)C)cc1.I. The average molecular weight is 461 g/mol. The van der Waals surface area contributed by atoms with Gasteiger partial charge in [-0.1, -0.05) is 12.1 Å². The molecule has 0 bridgehead atoms. The largest absolute Gasteiger partial charge is 0.378 e. The molecule has 0 fully saturated rings. The second-order valence-corrected chi connectivity index (χ2v) is 6.84. The summed E-state index contributed by atoms with van der Waals surface area (Å²) >= 11 is 0. The quantitative estimate of drug-likeness (QED) is 0.355. The predicted octanol–water partition coefficient (Wildman–Crippen LogP) is 3.15. The number of hydrogen-bond donors (Lipinski definition) is 2. The first-order valence-electron chi connectivity index (χ1n) is 8.81. The molecule has 25 heavy (non-hydrogen) atoms. The molecule has 1 aromatic rings. The smallest absolute Gasteiger partial charge is 0.191 e. The minimum absolute atomic E-state index is 0. The fraction of sp³-hybridized carbons (Fsp3) is 0.632. The van der Waals surface area contributed by atoms with Gasteiger partial charge in [0.2, 0.25) is 0 Å². The maximum atomic E-state index is 4.30. The zero-order valence-corrected chi connectivity index (χ0v) is 19.2. The van der Waals surface area contributed by atoms with Gasteiger partial charge in [0.1, 0.15) is 0 Å². The molecule has 1 rings (SSSR count). The van der Waals surface area contributed by atoms with E-state index in [-0.39, 0.29) is 24.0 Å². The highest BCUT2D eigenvalue weighted by atomic mass is 127. The molecule has 0 aliphatic rings. The number of halogens is 1. The van der Waals surface area contributed by atoms with Crippen molar-refractivity contribution in [1.29, 1.82) is 0 Å². The summed E-state index contributed by atoms with van der Waals surface area (Å²) in [7, 11) is 5.92. The summed E-state index contributed by atoms with van der Waals surface area (Å²) in [4.78, 5) is 8.88. The number of hydrogen-bond acceptors (Lipinski definition) is 3. The Morgan fingerprint density at radius 2 is 1.56 bits per heavy atom. The highest BCUT2D eigenvalue weighted by Crippen LogP contribution is 2.11. The van der Waals surface area contributed by atoms with Crippen molar-refractivity contribution in [2.75, 3.05) is 39.1 Å². The Bertz CT molecular complexity index is 489. The molecule has 0 aromatic heterocycles. The maximum absolute atomic E-state index is 4.30. The van der Waals surface area contributed by atoms with Crippen LogP contribution < -0.4 is 15.5 Å². The van der Waals surface area contributed by atoms with Crippen LogP contribution in [0.15, 0.2) is 29.3 Å². The van der Waals surface area contributed by atoms with E-state index in [1.165, 1.54) is 11.3 Å². The summed E-state index contributed by atoms with van der Waals surface area (Å²) in [6, 6.07) is 9.67. The zero-order valence-electron chi connectivity index (χ0n) is 16.8. The molecule has 1 aromatic carbocycles. The predicted molar refractivity (Wildman–Crippen MR) is 121 cm³/mol. The minimum Gasteiger partial charge on any atom is -0.378 e. The molecule has 0 amide bonds. The lowest BCUT2D eigenvalue weighted by molar-refractivity contribution is 0.178. The molecule has 6 heteroatoms. The third-order valence-corrected chi connectivity index (χ3v) is 4.13. The fourth-order valence-electron chi connectivity index (χ4n) is 2.73. The van der Waals surface area contributed by atoms with Crippen molar-refractivity contribution >= 4 is 35.6 Å². The zero-order chi connectivity index (χ0) is 18.1. The van der Waals surface area contributed by atoms with E-state index in [0.717, 1.165) is 25.6 Å². The van der Waals surface area contributed by atoms with E-state index in [1.807, 2.05) is 7.05 Å². The number of nitrogens with zero attached hydrogens (tertiary/aromatic N) is 3. The van der Waals surface area contributed by atoms with Crippen molar-refractivity contribution in [3.63, 3.8) is 0 Å². The first-order valence-corrected chi connectivity index (χ1v) is 8.81. The fourth-order valence-corrected chi connectivity index (χ4v) is 2.73. The molecular formula is C19H36IN5. The summed E-state index contributed by atoms with van der Waals surface area (Å²) in [5.74, 6) is 0.846. The van der Waals surface area contributed by atoms with Crippen LogP contribution in [-0.2, 0) is 6.54 Å². The molecule has 0 aliphatic heterocycles. The summed E-state index contributed by atoms with van der Waals surface area (Å²) in [6.07, 6.45) is 0. The molecule has 0 saturated carbocycles. The van der Waals surface area contributed by atoms with Gasteiger partial charge in [0.25, 0.3) is 0 Å². The average Bonchev–Trinajstić information content (AvgIpc) is 2.53. The van der Waals surface area contributed by atoms with Crippen molar-refractivity contribution in [3.8, 4) is 0 Å². The summed E-state index contributed by atoms with van der Waals surface area (Å²) in [5.41, 5.74) is 2.46. The van der Waals surface area contributed by atoms with E-state index >= 15 is 0 Å². The molecule has 0 unspecified atom stereocenters. The Labute approximate surface area is 171 Å². The van der Waals surface area contributed by atoms with Crippen LogP contribution in [0.1, 0.15) is 33.3 Å². The summed E-state index contributed by atoms with van der Waals surface area (Å²) in [5, 5.41) is 6.77. The van der Waals surface area contributed by atoms with Gasteiger partial charge in [-0.05, 0) is 45.4 Å². The third kappa shape index (κ3) is 8.76. The van der Waals surface area contributed by atoms with Gasteiger partial charge in [0.05, 0.1) is 0 Å². The van der Waals surface area contributed by atoms with E-state index in [0.29, 0.717) is 12.1 Å². The molecule has 0 heterocycles. The molecular weight excluding hydrogens is 425 g/mol. The Morgan fingerprint density at radius 3 is 2.00 bits per heavy atom. The van der Waals surface area contributed by atoms with Crippen LogP contribution in [0.4, 0.5) is 5.69 Å². The number of benzene rings is 1. The van der Waals surface area contributed by atoms with Gasteiger partial charge in [-0.3, -0.25) is 9.89 Å². The molecule has 0 spiro atoms. The second-order valence-electron chi connectivity index (χ2n) is 6.84. The Morgan fingerprint density at radius 1 is 1.00 bits per heavy atom. The van der Waals surface area contributed by atoms with Crippen LogP contribution in [0.2, 0.25) is 0 Å². The lowest BCUT2D eigenvalue weighted by Gasteiger charge is -2.30. The lowest BCUT2D eigenvalue weighted by Crippen LogP contribution is -2.45. The van der Waals surface area contributed by atoms with Crippen LogP contribution in [-0.4, -0.2) is 57.2 Å². The van der Waals surface area contributed by atoms with Gasteiger partial charge < -0.3 is 15.5 Å². The number of anilines is 1. The third-order valence-electron chi connectivity index (χ3n) is 4.13. The van der Waals surface area contributed by atoms with E-state index in [1.54, 1.807) is 0 Å². The van der Waals surface area contributed by atoms with Crippen molar-refractivity contribution < 1.29 is 0 Å². The van der Waals surface area contributed by atoms with E-state index in [4.69, 9.17) is 0 Å². The molecule has 0 atom stereocenters. The number of aliphatic imine (C=N–C) groups is 1. The first kappa shape index (κ1) is 24.0. The molecule has 0 saturated heterocycles. The van der Waals surface area contributed by atoms with Crippen LogP contribution in [0, 0.1) is 0 Å². The maximum Gasteiger partial charge on any atom is 0.191 e. The van der Waals surface area contributed by atoms with Crippen molar-refractivity contribution in [3.05, 3.63) is 29.8 Å². The van der Waals surface area contributed by atoms with Crippen LogP contribution in [0.25, 0.3) is 0 Å². The van der Waals surface area contributed by atoms with Crippen molar-refractivity contribution in [2.45, 2.75) is 46.3 Å². The highest BCUT2D eigenvalue weighted by molar-refractivity contribution is 14.0. The van der Waals surface area contributed by atoms with E-state index in [9.17, 15) is 0 Å². The van der Waals surface area contributed by atoms with Gasteiger partial charge in [0.15, 0.2) is 5.96 Å². The van der Waals surface area contributed by atoms with Crippen LogP contribution in [0.5, 0.6) is 0 Å². The molecule has 0 radical (unpaired) electrons. The van der Waals surface area contributed by atoms with E-state index < -0.39 is 0 Å². The Hall–Kier alpha value is -1.02. The molecule has 144 valence electrons. The van der Waals surface area contributed by atoms with Gasteiger partial charge in [-0.25, -0.2) is 0 Å². The topological polar surface area (TPSA) is 42.9 Å². The minimum atomic E-state index is 0. The summed E-state index contributed by atoms with van der Waals surface area (Å²) < 4.78 is 0.